The number of anilines is 1. The van der Waals surface area contributed by atoms with E-state index in [9.17, 15) is 13.6 Å². The maximum absolute atomic E-state index is 13.7. The van der Waals surface area contributed by atoms with Crippen LogP contribution < -0.4 is 15.2 Å². The van der Waals surface area contributed by atoms with Crippen molar-refractivity contribution >= 4 is 11.5 Å². The quantitative estimate of drug-likeness (QED) is 0.695. The molecule has 110 valence electrons. The number of rotatable bonds is 4. The van der Waals surface area contributed by atoms with Gasteiger partial charge in [0.15, 0.2) is 5.78 Å². The molecule has 0 aliphatic rings. The van der Waals surface area contributed by atoms with Crippen LogP contribution in [0.5, 0.6) is 11.5 Å². The van der Waals surface area contributed by atoms with Crippen LogP contribution in [-0.4, -0.2) is 20.0 Å². The van der Waals surface area contributed by atoms with E-state index >= 15 is 0 Å². The lowest BCUT2D eigenvalue weighted by molar-refractivity contribution is 0.103. The van der Waals surface area contributed by atoms with E-state index in [0.717, 1.165) is 12.1 Å². The largest absolute Gasteiger partial charge is 0.497 e. The van der Waals surface area contributed by atoms with Gasteiger partial charge in [0.25, 0.3) is 0 Å². The van der Waals surface area contributed by atoms with Crippen LogP contribution in [0.15, 0.2) is 30.3 Å². The zero-order chi connectivity index (χ0) is 15.6. The highest BCUT2D eigenvalue weighted by Crippen LogP contribution is 2.32. The van der Waals surface area contributed by atoms with Crippen molar-refractivity contribution in [1.29, 1.82) is 0 Å². The SMILES string of the molecule is COc1cc(OC)c(N)c(C(=O)c2ccc(F)cc2F)c1. The molecule has 0 saturated carbocycles. The van der Waals surface area contributed by atoms with E-state index in [1.807, 2.05) is 0 Å². The summed E-state index contributed by atoms with van der Waals surface area (Å²) >= 11 is 0. The second-order valence-electron chi connectivity index (χ2n) is 4.24. The lowest BCUT2D eigenvalue weighted by Crippen LogP contribution is -2.09. The van der Waals surface area contributed by atoms with Gasteiger partial charge in [-0.05, 0) is 18.2 Å². The molecule has 0 heterocycles. The molecule has 0 aliphatic heterocycles. The Morgan fingerprint density at radius 1 is 1.05 bits per heavy atom. The summed E-state index contributed by atoms with van der Waals surface area (Å²) in [6.07, 6.45) is 0. The van der Waals surface area contributed by atoms with E-state index < -0.39 is 17.4 Å². The number of hydrogen-bond donors (Lipinski definition) is 1. The molecule has 0 spiro atoms. The zero-order valence-electron chi connectivity index (χ0n) is 11.4. The van der Waals surface area contributed by atoms with Gasteiger partial charge in [-0.3, -0.25) is 4.79 Å². The Hall–Kier alpha value is -2.63. The number of halogens is 2. The van der Waals surface area contributed by atoms with Crippen molar-refractivity contribution in [3.63, 3.8) is 0 Å². The standard InChI is InChI=1S/C15H13F2NO3/c1-20-9-6-11(14(18)13(7-9)21-2)15(19)10-4-3-8(16)5-12(10)17/h3-7H,18H2,1-2H3. The lowest BCUT2D eigenvalue weighted by atomic mass is 10.0. The minimum absolute atomic E-state index is 0.0247. The van der Waals surface area contributed by atoms with Gasteiger partial charge in [-0.25, -0.2) is 8.78 Å². The molecule has 6 heteroatoms. The zero-order valence-corrected chi connectivity index (χ0v) is 11.4. The Bertz CT molecular complexity index is 702. The molecular weight excluding hydrogens is 280 g/mol. The van der Waals surface area contributed by atoms with Crippen LogP contribution in [0.4, 0.5) is 14.5 Å². The maximum Gasteiger partial charge on any atom is 0.198 e. The normalized spacial score (nSPS) is 10.3. The first kappa shape index (κ1) is 14.8. The fourth-order valence-electron chi connectivity index (χ4n) is 1.89. The van der Waals surface area contributed by atoms with Gasteiger partial charge >= 0.3 is 0 Å². The molecule has 0 aromatic heterocycles. The molecule has 2 aromatic rings. The number of nitrogen functional groups attached to an aromatic ring is 1. The van der Waals surface area contributed by atoms with Crippen molar-refractivity contribution in [2.75, 3.05) is 20.0 Å². The molecule has 0 bridgehead atoms. The van der Waals surface area contributed by atoms with Gasteiger partial charge in [-0.1, -0.05) is 0 Å². The predicted molar refractivity (Wildman–Crippen MR) is 73.7 cm³/mol. The first-order valence-electron chi connectivity index (χ1n) is 5.99. The Labute approximate surface area is 120 Å². The molecule has 0 atom stereocenters. The topological polar surface area (TPSA) is 61.6 Å². The van der Waals surface area contributed by atoms with Gasteiger partial charge in [0, 0.05) is 12.1 Å². The number of nitrogens with two attached hydrogens (primary N) is 1. The first-order valence-corrected chi connectivity index (χ1v) is 5.99. The molecule has 2 N–H and O–H groups in total. The third-order valence-corrected chi connectivity index (χ3v) is 2.99. The molecule has 0 fully saturated rings. The predicted octanol–water partition coefficient (Wildman–Crippen LogP) is 2.80. The van der Waals surface area contributed by atoms with Crippen LogP contribution in [0.1, 0.15) is 15.9 Å². The summed E-state index contributed by atoms with van der Waals surface area (Å²) < 4.78 is 36.7. The van der Waals surface area contributed by atoms with Gasteiger partial charge in [0.2, 0.25) is 0 Å². The highest BCUT2D eigenvalue weighted by molar-refractivity contribution is 6.13. The molecule has 0 amide bonds. The molecule has 0 radical (unpaired) electrons. The number of methoxy groups -OCH3 is 2. The van der Waals surface area contributed by atoms with Gasteiger partial charge in [-0.15, -0.1) is 0 Å². The Kier molecular flexibility index (Phi) is 4.07. The molecule has 2 rings (SSSR count). The Balaban J connectivity index is 2.57. The number of ether oxygens (including phenoxy) is 2. The van der Waals surface area contributed by atoms with Crippen molar-refractivity contribution in [3.8, 4) is 11.5 Å². The fraction of sp³-hybridized carbons (Fsp3) is 0.133. The highest BCUT2D eigenvalue weighted by atomic mass is 19.1. The van der Waals surface area contributed by atoms with Crippen molar-refractivity contribution in [1.82, 2.24) is 0 Å². The monoisotopic (exact) mass is 293 g/mol. The van der Waals surface area contributed by atoms with Crippen molar-refractivity contribution < 1.29 is 23.0 Å². The molecule has 4 nitrogen and oxygen atoms in total. The van der Waals surface area contributed by atoms with Crippen molar-refractivity contribution in [2.45, 2.75) is 0 Å². The Morgan fingerprint density at radius 2 is 1.76 bits per heavy atom. The van der Waals surface area contributed by atoms with E-state index in [1.54, 1.807) is 0 Å². The third kappa shape index (κ3) is 2.79. The summed E-state index contributed by atoms with van der Waals surface area (Å²) in [7, 11) is 2.80. The molecular formula is C15H13F2NO3. The number of hydrogen-bond acceptors (Lipinski definition) is 4. The number of carbonyl (C=O) groups excluding carboxylic acids is 1. The van der Waals surface area contributed by atoms with E-state index in [4.69, 9.17) is 15.2 Å². The van der Waals surface area contributed by atoms with Gasteiger partial charge in [0.1, 0.15) is 23.1 Å². The molecule has 21 heavy (non-hydrogen) atoms. The van der Waals surface area contributed by atoms with Crippen molar-refractivity contribution in [2.24, 2.45) is 0 Å². The van der Waals surface area contributed by atoms with Gasteiger partial charge < -0.3 is 15.2 Å². The molecule has 2 aromatic carbocycles. The fourth-order valence-corrected chi connectivity index (χ4v) is 1.89. The minimum Gasteiger partial charge on any atom is -0.497 e. The van der Waals surface area contributed by atoms with Crippen LogP contribution in [0, 0.1) is 11.6 Å². The highest BCUT2D eigenvalue weighted by Gasteiger charge is 2.20. The summed E-state index contributed by atoms with van der Waals surface area (Å²) in [5.41, 5.74) is 5.65. The van der Waals surface area contributed by atoms with Crippen LogP contribution in [0.3, 0.4) is 0 Å². The van der Waals surface area contributed by atoms with E-state index in [2.05, 4.69) is 0 Å². The Morgan fingerprint density at radius 3 is 2.33 bits per heavy atom. The van der Waals surface area contributed by atoms with Crippen LogP contribution >= 0.6 is 0 Å². The molecule has 0 saturated heterocycles. The smallest absolute Gasteiger partial charge is 0.198 e. The minimum atomic E-state index is -0.957. The number of benzene rings is 2. The van der Waals surface area contributed by atoms with Crippen LogP contribution in [-0.2, 0) is 0 Å². The summed E-state index contributed by atoms with van der Waals surface area (Å²) in [5.74, 6) is -1.82. The third-order valence-electron chi connectivity index (χ3n) is 2.99. The summed E-state index contributed by atoms with van der Waals surface area (Å²) in [6.45, 7) is 0. The molecule has 0 unspecified atom stereocenters. The van der Waals surface area contributed by atoms with Gasteiger partial charge in [0.05, 0.1) is 31.0 Å². The first-order chi connectivity index (χ1) is 9.97. The average Bonchev–Trinajstić information content (AvgIpc) is 2.47. The van der Waals surface area contributed by atoms with E-state index in [-0.39, 0.29) is 22.6 Å². The summed E-state index contributed by atoms with van der Waals surface area (Å²) in [5, 5.41) is 0. The van der Waals surface area contributed by atoms with Crippen LogP contribution in [0.2, 0.25) is 0 Å². The van der Waals surface area contributed by atoms with Gasteiger partial charge in [-0.2, -0.15) is 0 Å². The van der Waals surface area contributed by atoms with Crippen LogP contribution in [0.25, 0.3) is 0 Å². The van der Waals surface area contributed by atoms with E-state index in [1.165, 1.54) is 26.4 Å². The summed E-state index contributed by atoms with van der Waals surface area (Å²) in [4.78, 5) is 12.4. The second-order valence-corrected chi connectivity index (χ2v) is 4.24. The number of ketones is 1. The van der Waals surface area contributed by atoms with E-state index in [0.29, 0.717) is 11.8 Å². The summed E-state index contributed by atoms with van der Waals surface area (Å²) in [6, 6.07) is 5.60. The number of carbonyl (C=O) groups is 1. The lowest BCUT2D eigenvalue weighted by Gasteiger charge is -2.12. The molecule has 0 aliphatic carbocycles. The average molecular weight is 293 g/mol. The second kappa shape index (κ2) is 5.78. The van der Waals surface area contributed by atoms with Crippen molar-refractivity contribution in [3.05, 3.63) is 53.1 Å². The maximum atomic E-state index is 13.7.